The second kappa shape index (κ2) is 4.38. The van der Waals surface area contributed by atoms with Gasteiger partial charge in [0.05, 0.1) is 12.2 Å². The van der Waals surface area contributed by atoms with Crippen molar-refractivity contribution in [2.45, 2.75) is 33.9 Å². The first-order valence-electron chi connectivity index (χ1n) is 5.39. The van der Waals surface area contributed by atoms with Gasteiger partial charge in [-0.2, -0.15) is 0 Å². The first-order chi connectivity index (χ1) is 7.69. The Bertz CT molecular complexity index is 472. The Morgan fingerprint density at radius 2 is 2.25 bits per heavy atom. The van der Waals surface area contributed by atoms with Crippen LogP contribution in [0.3, 0.4) is 0 Å². The normalized spacial score (nSPS) is 10.7. The largest absolute Gasteiger partial charge is 0.361 e. The van der Waals surface area contributed by atoms with Gasteiger partial charge in [-0.1, -0.05) is 5.16 Å². The molecule has 2 aromatic rings. The van der Waals surface area contributed by atoms with E-state index >= 15 is 0 Å². The van der Waals surface area contributed by atoms with E-state index in [1.165, 1.54) is 0 Å². The van der Waals surface area contributed by atoms with E-state index in [9.17, 15) is 0 Å². The molecule has 0 atom stereocenters. The van der Waals surface area contributed by atoms with E-state index in [0.717, 1.165) is 29.6 Å². The number of aryl methyl sites for hydroxylation is 3. The van der Waals surface area contributed by atoms with E-state index in [1.807, 2.05) is 26.1 Å². The molecule has 0 fully saturated rings. The van der Waals surface area contributed by atoms with E-state index in [2.05, 4.69) is 26.9 Å². The van der Waals surface area contributed by atoms with Crippen LogP contribution in [-0.2, 0) is 13.1 Å². The molecule has 0 unspecified atom stereocenters. The van der Waals surface area contributed by atoms with E-state index in [0.29, 0.717) is 6.54 Å². The van der Waals surface area contributed by atoms with Gasteiger partial charge in [0.1, 0.15) is 11.5 Å². The van der Waals surface area contributed by atoms with Gasteiger partial charge in [0.25, 0.3) is 0 Å². The van der Waals surface area contributed by atoms with Crippen molar-refractivity contribution in [1.29, 1.82) is 0 Å². The summed E-state index contributed by atoms with van der Waals surface area (Å²) in [4.78, 5) is 4.40. The Hall–Kier alpha value is -1.78. The van der Waals surface area contributed by atoms with Crippen molar-refractivity contribution >= 4 is 5.95 Å². The second-order valence-electron chi connectivity index (χ2n) is 3.77. The number of aromatic nitrogens is 3. The Morgan fingerprint density at radius 1 is 1.44 bits per heavy atom. The monoisotopic (exact) mass is 220 g/mol. The number of nitrogens with zero attached hydrogens (tertiary/aromatic N) is 3. The van der Waals surface area contributed by atoms with Crippen molar-refractivity contribution in [1.82, 2.24) is 14.7 Å². The molecule has 86 valence electrons. The SMILES string of the molecule is CCn1cc(C)nc1NCc1cc(C)on1. The predicted octanol–water partition coefficient (Wildman–Crippen LogP) is 2.12. The highest BCUT2D eigenvalue weighted by atomic mass is 16.5. The maximum Gasteiger partial charge on any atom is 0.203 e. The van der Waals surface area contributed by atoms with Crippen LogP contribution in [-0.4, -0.2) is 14.7 Å². The number of nitrogens with one attached hydrogen (secondary N) is 1. The fraction of sp³-hybridized carbons (Fsp3) is 0.455. The molecule has 0 saturated heterocycles. The Labute approximate surface area is 94.5 Å². The Kier molecular flexibility index (Phi) is 2.94. The first-order valence-corrected chi connectivity index (χ1v) is 5.39. The predicted molar refractivity (Wildman–Crippen MR) is 61.2 cm³/mol. The lowest BCUT2D eigenvalue weighted by molar-refractivity contribution is 0.391. The molecule has 2 rings (SSSR count). The van der Waals surface area contributed by atoms with Crippen molar-refractivity contribution in [3.63, 3.8) is 0 Å². The molecule has 0 saturated carbocycles. The fourth-order valence-electron chi connectivity index (χ4n) is 1.60. The number of anilines is 1. The molecule has 0 bridgehead atoms. The van der Waals surface area contributed by atoms with Gasteiger partial charge >= 0.3 is 0 Å². The molecule has 0 aromatic carbocycles. The van der Waals surface area contributed by atoms with Gasteiger partial charge in [0.15, 0.2) is 0 Å². The summed E-state index contributed by atoms with van der Waals surface area (Å²) in [6.07, 6.45) is 2.02. The third-order valence-electron chi connectivity index (χ3n) is 2.34. The summed E-state index contributed by atoms with van der Waals surface area (Å²) < 4.78 is 7.07. The van der Waals surface area contributed by atoms with Crippen LogP contribution in [0.4, 0.5) is 5.95 Å². The summed E-state index contributed by atoms with van der Waals surface area (Å²) in [7, 11) is 0. The van der Waals surface area contributed by atoms with Crippen LogP contribution in [0.5, 0.6) is 0 Å². The lowest BCUT2D eigenvalue weighted by atomic mass is 10.4. The van der Waals surface area contributed by atoms with E-state index in [4.69, 9.17) is 4.52 Å². The summed E-state index contributed by atoms with van der Waals surface area (Å²) in [5, 5.41) is 7.16. The van der Waals surface area contributed by atoms with E-state index in [1.54, 1.807) is 0 Å². The van der Waals surface area contributed by atoms with Gasteiger partial charge in [-0.15, -0.1) is 0 Å². The molecule has 2 aromatic heterocycles. The van der Waals surface area contributed by atoms with Gasteiger partial charge < -0.3 is 14.4 Å². The molecular weight excluding hydrogens is 204 g/mol. The standard InChI is InChI=1S/C11H16N4O/c1-4-15-7-8(2)13-11(15)12-6-10-5-9(3)16-14-10/h5,7H,4,6H2,1-3H3,(H,12,13). The zero-order valence-electron chi connectivity index (χ0n) is 9.82. The third kappa shape index (κ3) is 2.24. The average molecular weight is 220 g/mol. The van der Waals surface area contributed by atoms with Crippen molar-refractivity contribution in [3.05, 3.63) is 29.4 Å². The molecule has 2 heterocycles. The summed E-state index contributed by atoms with van der Waals surface area (Å²) in [5.41, 5.74) is 1.90. The number of imidazole rings is 1. The van der Waals surface area contributed by atoms with E-state index in [-0.39, 0.29) is 0 Å². The minimum absolute atomic E-state index is 0.633. The minimum Gasteiger partial charge on any atom is -0.361 e. The van der Waals surface area contributed by atoms with Crippen LogP contribution in [0.25, 0.3) is 0 Å². The maximum absolute atomic E-state index is 5.00. The highest BCUT2D eigenvalue weighted by molar-refractivity contribution is 5.29. The summed E-state index contributed by atoms with van der Waals surface area (Å²) >= 11 is 0. The summed E-state index contributed by atoms with van der Waals surface area (Å²) in [5.74, 6) is 1.70. The van der Waals surface area contributed by atoms with Crippen LogP contribution in [0.2, 0.25) is 0 Å². The zero-order chi connectivity index (χ0) is 11.5. The molecule has 0 amide bonds. The van der Waals surface area contributed by atoms with Gasteiger partial charge in [-0.25, -0.2) is 4.98 Å². The van der Waals surface area contributed by atoms with Gasteiger partial charge in [-0.3, -0.25) is 0 Å². The molecule has 1 N–H and O–H groups in total. The van der Waals surface area contributed by atoms with Crippen LogP contribution in [0, 0.1) is 13.8 Å². The number of rotatable bonds is 4. The highest BCUT2D eigenvalue weighted by Crippen LogP contribution is 2.10. The van der Waals surface area contributed by atoms with Gasteiger partial charge in [-0.05, 0) is 20.8 Å². The quantitative estimate of drug-likeness (QED) is 0.857. The molecule has 0 spiro atoms. The molecule has 5 heteroatoms. The highest BCUT2D eigenvalue weighted by Gasteiger charge is 2.05. The van der Waals surface area contributed by atoms with Gasteiger partial charge in [0.2, 0.25) is 5.95 Å². The molecular formula is C11H16N4O. The van der Waals surface area contributed by atoms with Crippen LogP contribution < -0.4 is 5.32 Å². The molecule has 0 radical (unpaired) electrons. The summed E-state index contributed by atoms with van der Waals surface area (Å²) in [6.45, 7) is 7.49. The minimum atomic E-state index is 0.633. The van der Waals surface area contributed by atoms with Crippen LogP contribution in [0.1, 0.15) is 24.1 Å². The van der Waals surface area contributed by atoms with Crippen molar-refractivity contribution < 1.29 is 4.52 Å². The summed E-state index contributed by atoms with van der Waals surface area (Å²) in [6, 6.07) is 1.92. The second-order valence-corrected chi connectivity index (χ2v) is 3.77. The Morgan fingerprint density at radius 3 is 2.88 bits per heavy atom. The molecule has 0 aliphatic rings. The maximum atomic E-state index is 5.00. The van der Waals surface area contributed by atoms with Crippen molar-refractivity contribution in [2.75, 3.05) is 5.32 Å². The molecule has 16 heavy (non-hydrogen) atoms. The van der Waals surface area contributed by atoms with Crippen molar-refractivity contribution in [3.8, 4) is 0 Å². The molecule has 0 aliphatic heterocycles. The number of hydrogen-bond donors (Lipinski definition) is 1. The topological polar surface area (TPSA) is 55.9 Å². The van der Waals surface area contributed by atoms with Crippen LogP contribution in [0.15, 0.2) is 16.8 Å². The van der Waals surface area contributed by atoms with Crippen molar-refractivity contribution in [2.24, 2.45) is 0 Å². The first kappa shape index (κ1) is 10.7. The Balaban J connectivity index is 2.04. The van der Waals surface area contributed by atoms with Crippen LogP contribution >= 0.6 is 0 Å². The lowest BCUT2D eigenvalue weighted by Crippen LogP contribution is -2.06. The molecule has 5 nitrogen and oxygen atoms in total. The molecule has 0 aliphatic carbocycles. The lowest BCUT2D eigenvalue weighted by Gasteiger charge is -2.05. The van der Waals surface area contributed by atoms with E-state index < -0.39 is 0 Å². The fourth-order valence-corrected chi connectivity index (χ4v) is 1.60. The average Bonchev–Trinajstić information content (AvgIpc) is 2.81. The van der Waals surface area contributed by atoms with Gasteiger partial charge in [0, 0.05) is 18.8 Å². The zero-order valence-corrected chi connectivity index (χ0v) is 9.82. The number of hydrogen-bond acceptors (Lipinski definition) is 4. The third-order valence-corrected chi connectivity index (χ3v) is 2.34. The smallest absolute Gasteiger partial charge is 0.203 e.